The Kier molecular flexibility index (Phi) is 5.00. The van der Waals surface area contributed by atoms with Crippen LogP contribution in [0.2, 0.25) is 0 Å². The Morgan fingerprint density at radius 3 is 2.71 bits per heavy atom. The van der Waals surface area contributed by atoms with E-state index in [1.165, 1.54) is 0 Å². The van der Waals surface area contributed by atoms with Crippen molar-refractivity contribution < 1.29 is 4.79 Å². The molecule has 0 aliphatic carbocycles. The van der Waals surface area contributed by atoms with Gasteiger partial charge >= 0.3 is 0 Å². The summed E-state index contributed by atoms with van der Waals surface area (Å²) in [5, 5.41) is 10.6. The molecule has 0 fully saturated rings. The first-order valence-electron chi connectivity index (χ1n) is 7.97. The molecule has 3 rings (SSSR count). The Morgan fingerprint density at radius 1 is 1.17 bits per heavy atom. The van der Waals surface area contributed by atoms with Crippen molar-refractivity contribution >= 4 is 5.91 Å². The van der Waals surface area contributed by atoms with Crippen molar-refractivity contribution in [1.29, 1.82) is 0 Å². The van der Waals surface area contributed by atoms with Crippen molar-refractivity contribution in [1.82, 2.24) is 29.9 Å². The van der Waals surface area contributed by atoms with Crippen LogP contribution >= 0.6 is 0 Å². The van der Waals surface area contributed by atoms with Gasteiger partial charge in [-0.3, -0.25) is 4.79 Å². The lowest BCUT2D eigenvalue weighted by Crippen LogP contribution is -2.27. The minimum absolute atomic E-state index is 0.0690. The molecular weight excluding hydrogens is 304 g/mol. The lowest BCUT2D eigenvalue weighted by Gasteiger charge is -2.09. The monoisotopic (exact) mass is 324 g/mol. The Bertz CT molecular complexity index is 776. The molecule has 1 aromatic carbocycles. The van der Waals surface area contributed by atoms with Crippen LogP contribution in [0.1, 0.15) is 28.7 Å². The number of rotatable bonds is 7. The summed E-state index contributed by atoms with van der Waals surface area (Å²) in [4.78, 5) is 16.5. The highest BCUT2D eigenvalue weighted by molar-refractivity contribution is 5.94. The van der Waals surface area contributed by atoms with E-state index in [1.807, 2.05) is 30.5 Å². The van der Waals surface area contributed by atoms with Crippen LogP contribution < -0.4 is 5.32 Å². The second kappa shape index (κ2) is 7.54. The number of carbonyl (C=O) groups excluding carboxylic acids is 1. The summed E-state index contributed by atoms with van der Waals surface area (Å²) in [6.45, 7) is 4.00. The number of carbonyl (C=O) groups is 1. The molecule has 7 heteroatoms. The standard InChI is InChI=1S/C17H20N6O/c1-2-16-18-7-10-22(16)11-8-19-17(24)15-5-3-14(4-6-15)13-23-12-9-20-21-23/h3-7,9-10,12H,2,8,11,13H2,1H3,(H,19,24). The predicted octanol–water partition coefficient (Wildman–Crippen LogP) is 1.52. The predicted molar refractivity (Wildman–Crippen MR) is 89.5 cm³/mol. The molecule has 1 amide bonds. The summed E-state index contributed by atoms with van der Waals surface area (Å²) in [7, 11) is 0. The molecule has 0 spiro atoms. The van der Waals surface area contributed by atoms with E-state index in [2.05, 4.69) is 32.1 Å². The maximum absolute atomic E-state index is 12.2. The van der Waals surface area contributed by atoms with Crippen LogP contribution in [0.5, 0.6) is 0 Å². The highest BCUT2D eigenvalue weighted by Gasteiger charge is 2.06. The van der Waals surface area contributed by atoms with Crippen molar-refractivity contribution in [2.75, 3.05) is 6.54 Å². The molecule has 2 aromatic heterocycles. The van der Waals surface area contributed by atoms with E-state index in [4.69, 9.17) is 0 Å². The maximum Gasteiger partial charge on any atom is 0.251 e. The highest BCUT2D eigenvalue weighted by atomic mass is 16.1. The van der Waals surface area contributed by atoms with Crippen LogP contribution in [0.3, 0.4) is 0 Å². The van der Waals surface area contributed by atoms with Gasteiger partial charge in [-0.25, -0.2) is 9.67 Å². The number of aromatic nitrogens is 5. The fourth-order valence-electron chi connectivity index (χ4n) is 2.52. The first kappa shape index (κ1) is 15.9. The molecule has 0 saturated carbocycles. The van der Waals surface area contributed by atoms with Gasteiger partial charge in [-0.15, -0.1) is 5.10 Å². The second-order valence-corrected chi connectivity index (χ2v) is 5.44. The van der Waals surface area contributed by atoms with Crippen LogP contribution in [0.25, 0.3) is 0 Å². The van der Waals surface area contributed by atoms with E-state index in [-0.39, 0.29) is 5.91 Å². The van der Waals surface area contributed by atoms with Crippen molar-refractivity contribution in [3.63, 3.8) is 0 Å². The molecule has 0 atom stereocenters. The van der Waals surface area contributed by atoms with E-state index in [1.54, 1.807) is 23.3 Å². The van der Waals surface area contributed by atoms with Crippen molar-refractivity contribution in [2.45, 2.75) is 26.4 Å². The summed E-state index contributed by atoms with van der Waals surface area (Å²) in [6, 6.07) is 7.52. The quantitative estimate of drug-likeness (QED) is 0.715. The van der Waals surface area contributed by atoms with Gasteiger partial charge in [0.05, 0.1) is 12.7 Å². The Morgan fingerprint density at radius 2 is 2.00 bits per heavy atom. The number of aryl methyl sites for hydroxylation is 1. The third-order valence-electron chi connectivity index (χ3n) is 3.79. The Labute approximate surface area is 140 Å². The van der Waals surface area contributed by atoms with Gasteiger partial charge in [0.1, 0.15) is 5.82 Å². The molecule has 0 radical (unpaired) electrons. The van der Waals surface area contributed by atoms with E-state index in [9.17, 15) is 4.79 Å². The summed E-state index contributed by atoms with van der Waals surface area (Å²) in [6.07, 6.45) is 8.06. The van der Waals surface area contributed by atoms with Gasteiger partial charge in [-0.2, -0.15) is 0 Å². The Balaban J connectivity index is 1.51. The zero-order valence-corrected chi connectivity index (χ0v) is 13.6. The van der Waals surface area contributed by atoms with Crippen LogP contribution in [0, 0.1) is 0 Å². The van der Waals surface area contributed by atoms with E-state index in [0.717, 1.165) is 24.4 Å². The second-order valence-electron chi connectivity index (χ2n) is 5.44. The SMILES string of the molecule is CCc1nccn1CCNC(=O)c1ccc(Cn2ccnn2)cc1. The summed E-state index contributed by atoms with van der Waals surface area (Å²) in [5.74, 6) is 0.960. The fraction of sp³-hybridized carbons (Fsp3) is 0.294. The average Bonchev–Trinajstić information content (AvgIpc) is 3.27. The lowest BCUT2D eigenvalue weighted by molar-refractivity contribution is 0.0952. The van der Waals surface area contributed by atoms with Gasteiger partial charge in [0.25, 0.3) is 5.91 Å². The van der Waals surface area contributed by atoms with Gasteiger partial charge in [0, 0.05) is 43.7 Å². The third kappa shape index (κ3) is 3.87. The molecule has 7 nitrogen and oxygen atoms in total. The van der Waals surface area contributed by atoms with E-state index >= 15 is 0 Å². The molecule has 3 aromatic rings. The zero-order chi connectivity index (χ0) is 16.8. The minimum atomic E-state index is -0.0690. The number of benzene rings is 1. The van der Waals surface area contributed by atoms with Crippen molar-refractivity contribution in [2.24, 2.45) is 0 Å². The number of hydrogen-bond acceptors (Lipinski definition) is 4. The van der Waals surface area contributed by atoms with Crippen LogP contribution in [0.15, 0.2) is 49.1 Å². The number of hydrogen-bond donors (Lipinski definition) is 1. The smallest absolute Gasteiger partial charge is 0.251 e. The number of nitrogens with zero attached hydrogens (tertiary/aromatic N) is 5. The van der Waals surface area contributed by atoms with Crippen LogP contribution in [0.4, 0.5) is 0 Å². The van der Waals surface area contributed by atoms with Gasteiger partial charge in [0.2, 0.25) is 0 Å². The topological polar surface area (TPSA) is 77.6 Å². The number of nitrogens with one attached hydrogen (secondary N) is 1. The third-order valence-corrected chi connectivity index (χ3v) is 3.79. The molecule has 24 heavy (non-hydrogen) atoms. The molecule has 2 heterocycles. The van der Waals surface area contributed by atoms with Gasteiger partial charge in [-0.05, 0) is 17.7 Å². The molecule has 0 aliphatic rings. The van der Waals surface area contributed by atoms with Crippen molar-refractivity contribution in [3.05, 3.63) is 66.0 Å². The first-order valence-corrected chi connectivity index (χ1v) is 7.97. The number of amides is 1. The van der Waals surface area contributed by atoms with Gasteiger partial charge < -0.3 is 9.88 Å². The molecule has 124 valence electrons. The first-order chi connectivity index (χ1) is 11.8. The van der Waals surface area contributed by atoms with Crippen LogP contribution in [-0.2, 0) is 19.5 Å². The van der Waals surface area contributed by atoms with E-state index in [0.29, 0.717) is 18.7 Å². The highest BCUT2D eigenvalue weighted by Crippen LogP contribution is 2.06. The number of imidazole rings is 1. The lowest BCUT2D eigenvalue weighted by atomic mass is 10.1. The maximum atomic E-state index is 12.2. The molecule has 0 aliphatic heterocycles. The average molecular weight is 324 g/mol. The van der Waals surface area contributed by atoms with Crippen LogP contribution in [-0.4, -0.2) is 37.0 Å². The molecule has 1 N–H and O–H groups in total. The largest absolute Gasteiger partial charge is 0.350 e. The van der Waals surface area contributed by atoms with Gasteiger partial charge in [-0.1, -0.05) is 24.3 Å². The Hall–Kier alpha value is -2.96. The molecule has 0 saturated heterocycles. The molecular formula is C17H20N6O. The zero-order valence-electron chi connectivity index (χ0n) is 13.6. The molecule has 0 unspecified atom stereocenters. The fourth-order valence-corrected chi connectivity index (χ4v) is 2.52. The van der Waals surface area contributed by atoms with Gasteiger partial charge in [0.15, 0.2) is 0 Å². The minimum Gasteiger partial charge on any atom is -0.350 e. The van der Waals surface area contributed by atoms with Crippen molar-refractivity contribution in [3.8, 4) is 0 Å². The summed E-state index contributed by atoms with van der Waals surface area (Å²) < 4.78 is 3.80. The summed E-state index contributed by atoms with van der Waals surface area (Å²) in [5.41, 5.74) is 1.72. The summed E-state index contributed by atoms with van der Waals surface area (Å²) >= 11 is 0. The molecule has 0 bridgehead atoms. The normalized spacial score (nSPS) is 10.7. The van der Waals surface area contributed by atoms with E-state index < -0.39 is 0 Å².